The van der Waals surface area contributed by atoms with Crippen molar-refractivity contribution in [1.29, 1.82) is 0 Å². The van der Waals surface area contributed by atoms with Crippen molar-refractivity contribution >= 4 is 15.9 Å². The average molecular weight is 403 g/mol. The van der Waals surface area contributed by atoms with Gasteiger partial charge >= 0.3 is 0 Å². The molecule has 0 radical (unpaired) electrons. The molecule has 0 aliphatic rings. The van der Waals surface area contributed by atoms with Crippen molar-refractivity contribution in [2.75, 3.05) is 0 Å². The van der Waals surface area contributed by atoms with Crippen molar-refractivity contribution < 1.29 is 13.2 Å². The maximum absolute atomic E-state index is 13.2. The Morgan fingerprint density at radius 2 is 1.54 bits per heavy atom. The van der Waals surface area contributed by atoms with Gasteiger partial charge in [0.05, 0.1) is 4.90 Å². The number of hydrogen-bond acceptors (Lipinski definition) is 3. The van der Waals surface area contributed by atoms with Crippen molar-refractivity contribution in [1.82, 2.24) is 10.0 Å². The van der Waals surface area contributed by atoms with Crippen LogP contribution in [-0.4, -0.2) is 25.9 Å². The second-order valence-corrected chi connectivity index (χ2v) is 9.98. The molecule has 1 amide bonds. The van der Waals surface area contributed by atoms with Gasteiger partial charge < -0.3 is 5.32 Å². The van der Waals surface area contributed by atoms with E-state index in [9.17, 15) is 13.2 Å². The molecule has 0 bridgehead atoms. The standard InChI is InChI=1S/C22H30N2O3S/c1-15-12-16(2)20(17(3)13-15)28(26,27)24-19(21(25)23-22(4,5)6)14-18-10-8-7-9-11-18/h7-13,19,24H,14H2,1-6H3,(H,23,25)/t19-/m0/s1. The monoisotopic (exact) mass is 402 g/mol. The summed E-state index contributed by atoms with van der Waals surface area (Å²) in [6.07, 6.45) is 0.270. The minimum Gasteiger partial charge on any atom is -0.350 e. The van der Waals surface area contributed by atoms with Crippen LogP contribution in [0.15, 0.2) is 47.4 Å². The molecule has 2 rings (SSSR count). The lowest BCUT2D eigenvalue weighted by atomic mass is 10.0. The minimum atomic E-state index is -3.87. The maximum atomic E-state index is 13.2. The minimum absolute atomic E-state index is 0.236. The number of carbonyl (C=O) groups excluding carboxylic acids is 1. The highest BCUT2D eigenvalue weighted by Gasteiger charge is 2.30. The quantitative estimate of drug-likeness (QED) is 0.777. The number of hydrogen-bond donors (Lipinski definition) is 2. The molecule has 28 heavy (non-hydrogen) atoms. The summed E-state index contributed by atoms with van der Waals surface area (Å²) in [4.78, 5) is 13.1. The molecule has 0 saturated heterocycles. The lowest BCUT2D eigenvalue weighted by molar-refractivity contribution is -0.124. The van der Waals surface area contributed by atoms with Crippen LogP contribution in [0.5, 0.6) is 0 Å². The highest BCUT2D eigenvalue weighted by atomic mass is 32.2. The second-order valence-electron chi connectivity index (χ2n) is 8.33. The summed E-state index contributed by atoms with van der Waals surface area (Å²) in [5.74, 6) is -0.345. The van der Waals surface area contributed by atoms with Gasteiger partial charge in [0, 0.05) is 5.54 Å². The molecular formula is C22H30N2O3S. The van der Waals surface area contributed by atoms with E-state index in [1.165, 1.54) is 0 Å². The zero-order chi connectivity index (χ0) is 21.1. The van der Waals surface area contributed by atoms with E-state index < -0.39 is 21.6 Å². The fourth-order valence-electron chi connectivity index (χ4n) is 3.33. The first-order valence-electron chi connectivity index (χ1n) is 9.35. The highest BCUT2D eigenvalue weighted by molar-refractivity contribution is 7.89. The molecule has 0 spiro atoms. The van der Waals surface area contributed by atoms with Crippen molar-refractivity contribution in [2.24, 2.45) is 0 Å². The molecule has 6 heteroatoms. The highest BCUT2D eigenvalue weighted by Crippen LogP contribution is 2.22. The molecule has 0 unspecified atom stereocenters. The molecule has 0 saturated carbocycles. The number of benzene rings is 2. The Kier molecular flexibility index (Phi) is 6.67. The Hall–Kier alpha value is -2.18. The van der Waals surface area contributed by atoms with Crippen LogP contribution in [0.2, 0.25) is 0 Å². The maximum Gasteiger partial charge on any atom is 0.241 e. The van der Waals surface area contributed by atoms with Gasteiger partial charge in [0.25, 0.3) is 0 Å². The normalized spacial score (nSPS) is 13.2. The number of amides is 1. The van der Waals surface area contributed by atoms with Crippen molar-refractivity contribution in [3.63, 3.8) is 0 Å². The van der Waals surface area contributed by atoms with Gasteiger partial charge in [-0.2, -0.15) is 4.72 Å². The summed E-state index contributed by atoms with van der Waals surface area (Å²) < 4.78 is 29.0. The lowest BCUT2D eigenvalue weighted by Crippen LogP contribution is -2.53. The van der Waals surface area contributed by atoms with E-state index in [4.69, 9.17) is 0 Å². The van der Waals surface area contributed by atoms with Crippen LogP contribution in [0.1, 0.15) is 43.0 Å². The molecular weight excluding hydrogens is 372 g/mol. The molecule has 2 aromatic carbocycles. The molecule has 0 aliphatic carbocycles. The molecule has 1 atom stereocenters. The summed E-state index contributed by atoms with van der Waals surface area (Å²) in [7, 11) is -3.87. The predicted molar refractivity (Wildman–Crippen MR) is 113 cm³/mol. The molecule has 2 aromatic rings. The van der Waals surface area contributed by atoms with E-state index in [0.29, 0.717) is 11.1 Å². The summed E-state index contributed by atoms with van der Waals surface area (Å²) in [6, 6.07) is 12.2. The van der Waals surface area contributed by atoms with Gasteiger partial charge in [-0.1, -0.05) is 48.0 Å². The Balaban J connectivity index is 2.39. The van der Waals surface area contributed by atoms with Crippen molar-refractivity contribution in [3.8, 4) is 0 Å². The Labute approximate surface area is 168 Å². The lowest BCUT2D eigenvalue weighted by Gasteiger charge is -2.26. The van der Waals surface area contributed by atoms with Gasteiger partial charge in [-0.05, 0) is 64.7 Å². The number of sulfonamides is 1. The van der Waals surface area contributed by atoms with Gasteiger partial charge in [-0.25, -0.2) is 8.42 Å². The first-order chi connectivity index (χ1) is 12.9. The van der Waals surface area contributed by atoms with Gasteiger partial charge in [0.1, 0.15) is 6.04 Å². The average Bonchev–Trinajstić information content (AvgIpc) is 2.52. The zero-order valence-corrected chi connectivity index (χ0v) is 18.3. The third kappa shape index (κ3) is 5.91. The molecule has 0 aliphatic heterocycles. The number of rotatable bonds is 6. The SMILES string of the molecule is Cc1cc(C)c(S(=O)(=O)N[C@@H](Cc2ccccc2)C(=O)NC(C)(C)C)c(C)c1. The van der Waals surface area contributed by atoms with E-state index in [-0.39, 0.29) is 17.2 Å². The predicted octanol–water partition coefficient (Wildman–Crippen LogP) is 3.42. The number of nitrogens with one attached hydrogen (secondary N) is 2. The van der Waals surface area contributed by atoms with Crippen LogP contribution < -0.4 is 10.0 Å². The number of carbonyl (C=O) groups is 1. The summed E-state index contributed by atoms with van der Waals surface area (Å²) in [5.41, 5.74) is 2.75. The molecule has 5 nitrogen and oxygen atoms in total. The van der Waals surface area contributed by atoms with Crippen LogP contribution in [-0.2, 0) is 21.2 Å². The smallest absolute Gasteiger partial charge is 0.241 e. The Morgan fingerprint density at radius 3 is 2.04 bits per heavy atom. The Bertz CT molecular complexity index is 922. The van der Waals surface area contributed by atoms with Gasteiger partial charge in [0.2, 0.25) is 15.9 Å². The van der Waals surface area contributed by atoms with Crippen LogP contribution in [0.4, 0.5) is 0 Å². The first-order valence-corrected chi connectivity index (χ1v) is 10.8. The van der Waals surface area contributed by atoms with E-state index in [1.54, 1.807) is 13.8 Å². The zero-order valence-electron chi connectivity index (χ0n) is 17.5. The molecule has 2 N–H and O–H groups in total. The van der Waals surface area contributed by atoms with E-state index in [0.717, 1.165) is 11.1 Å². The van der Waals surface area contributed by atoms with Crippen LogP contribution >= 0.6 is 0 Å². The molecule has 0 heterocycles. The summed E-state index contributed by atoms with van der Waals surface area (Å²) >= 11 is 0. The molecule has 0 fully saturated rings. The van der Waals surface area contributed by atoms with Gasteiger partial charge in [0.15, 0.2) is 0 Å². The summed E-state index contributed by atoms with van der Waals surface area (Å²) in [6.45, 7) is 11.1. The van der Waals surface area contributed by atoms with E-state index >= 15 is 0 Å². The van der Waals surface area contributed by atoms with Gasteiger partial charge in [-0.3, -0.25) is 4.79 Å². The Morgan fingerprint density at radius 1 is 1.00 bits per heavy atom. The largest absolute Gasteiger partial charge is 0.350 e. The van der Waals surface area contributed by atoms with Crippen molar-refractivity contribution in [3.05, 3.63) is 64.7 Å². The number of aryl methyl sites for hydroxylation is 3. The summed E-state index contributed by atoms with van der Waals surface area (Å²) in [5, 5.41) is 2.89. The third-order valence-corrected chi connectivity index (χ3v) is 6.04. The van der Waals surface area contributed by atoms with E-state index in [2.05, 4.69) is 10.0 Å². The van der Waals surface area contributed by atoms with E-state index in [1.807, 2.05) is 70.2 Å². The third-order valence-electron chi connectivity index (χ3n) is 4.27. The van der Waals surface area contributed by atoms with Crippen LogP contribution in [0.3, 0.4) is 0 Å². The van der Waals surface area contributed by atoms with Crippen LogP contribution in [0, 0.1) is 20.8 Å². The fraction of sp³-hybridized carbons (Fsp3) is 0.409. The topological polar surface area (TPSA) is 75.3 Å². The van der Waals surface area contributed by atoms with Crippen LogP contribution in [0.25, 0.3) is 0 Å². The van der Waals surface area contributed by atoms with Crippen molar-refractivity contribution in [2.45, 2.75) is 64.4 Å². The first kappa shape index (κ1) is 22.1. The molecule has 152 valence electrons. The fourth-order valence-corrected chi connectivity index (χ4v) is 4.98. The second kappa shape index (κ2) is 8.45. The van der Waals surface area contributed by atoms with Gasteiger partial charge in [-0.15, -0.1) is 0 Å². The molecule has 0 aromatic heterocycles.